The van der Waals surface area contributed by atoms with Crippen molar-refractivity contribution in [3.63, 3.8) is 0 Å². The topological polar surface area (TPSA) is 69.1 Å². The number of carbonyl (C=O) groups excluding carboxylic acids is 1. The van der Waals surface area contributed by atoms with Crippen LogP contribution in [0.1, 0.15) is 21.5 Å². The number of para-hydroxylation sites is 1. The van der Waals surface area contributed by atoms with Crippen molar-refractivity contribution in [2.45, 2.75) is 13.1 Å². The predicted octanol–water partition coefficient (Wildman–Crippen LogP) is 5.03. The normalized spacial score (nSPS) is 11.4. The van der Waals surface area contributed by atoms with Crippen LogP contribution in [0.5, 0.6) is 0 Å². The monoisotopic (exact) mass is 370 g/mol. The number of aryl methyl sites for hydroxylation is 1. The lowest BCUT2D eigenvalue weighted by Crippen LogP contribution is -2.16. The molecule has 3 aromatic rings. The number of amides is 1. The van der Waals surface area contributed by atoms with E-state index in [2.05, 4.69) is 0 Å². The number of halogens is 3. The molecule has 0 aromatic heterocycles. The molecule has 4 N–H and O–H groups in total. The Morgan fingerprint density at radius 3 is 2.26 bits per heavy atom. The number of rotatable bonds is 3. The van der Waals surface area contributed by atoms with Crippen LogP contribution in [-0.2, 0) is 6.18 Å². The molecule has 0 aliphatic carbocycles. The number of nitrogens with two attached hydrogens (primary N) is 2. The molecule has 27 heavy (non-hydrogen) atoms. The summed E-state index contributed by atoms with van der Waals surface area (Å²) in [5, 5.41) is 0. The molecule has 0 spiro atoms. The minimum atomic E-state index is -4.63. The Morgan fingerprint density at radius 1 is 0.926 bits per heavy atom. The third-order valence-corrected chi connectivity index (χ3v) is 4.41. The third-order valence-electron chi connectivity index (χ3n) is 4.41. The van der Waals surface area contributed by atoms with Gasteiger partial charge in [0.05, 0.1) is 5.56 Å². The minimum Gasteiger partial charge on any atom is -0.398 e. The fraction of sp³-hybridized carbons (Fsp3) is 0.0952. The van der Waals surface area contributed by atoms with Crippen molar-refractivity contribution in [3.05, 3.63) is 77.4 Å². The number of benzene rings is 3. The fourth-order valence-electron chi connectivity index (χ4n) is 3.11. The molecule has 0 aliphatic rings. The molecular weight excluding hydrogens is 353 g/mol. The number of hydrogen-bond acceptors (Lipinski definition) is 2. The summed E-state index contributed by atoms with van der Waals surface area (Å²) in [7, 11) is 0. The molecule has 0 fully saturated rings. The average Bonchev–Trinajstić information content (AvgIpc) is 2.61. The zero-order valence-corrected chi connectivity index (χ0v) is 14.5. The Balaban J connectivity index is 2.32. The van der Waals surface area contributed by atoms with Crippen LogP contribution in [0.4, 0.5) is 18.9 Å². The fourth-order valence-corrected chi connectivity index (χ4v) is 3.11. The highest BCUT2D eigenvalue weighted by molar-refractivity contribution is 6.01. The molecule has 0 radical (unpaired) electrons. The van der Waals surface area contributed by atoms with Gasteiger partial charge in [0, 0.05) is 22.4 Å². The lowest BCUT2D eigenvalue weighted by molar-refractivity contribution is -0.137. The third kappa shape index (κ3) is 3.51. The summed E-state index contributed by atoms with van der Waals surface area (Å²) in [6, 6.07) is 15.4. The molecule has 138 valence electrons. The number of alkyl halides is 3. The van der Waals surface area contributed by atoms with Crippen LogP contribution in [-0.4, -0.2) is 5.91 Å². The lowest BCUT2D eigenvalue weighted by Gasteiger charge is -2.18. The maximum atomic E-state index is 13.6. The number of anilines is 1. The Kier molecular flexibility index (Phi) is 4.66. The van der Waals surface area contributed by atoms with Gasteiger partial charge in [-0.3, -0.25) is 4.79 Å². The maximum absolute atomic E-state index is 13.6. The number of hydrogen-bond donors (Lipinski definition) is 2. The zero-order valence-electron chi connectivity index (χ0n) is 14.5. The first-order valence-corrected chi connectivity index (χ1v) is 8.16. The zero-order chi connectivity index (χ0) is 19.8. The highest BCUT2D eigenvalue weighted by Crippen LogP contribution is 2.41. The van der Waals surface area contributed by atoms with E-state index in [9.17, 15) is 18.0 Å². The second-order valence-electron chi connectivity index (χ2n) is 6.21. The van der Waals surface area contributed by atoms with Gasteiger partial charge in [0.15, 0.2) is 0 Å². The van der Waals surface area contributed by atoms with E-state index in [1.807, 2.05) is 6.92 Å². The summed E-state index contributed by atoms with van der Waals surface area (Å²) < 4.78 is 40.7. The molecule has 6 heteroatoms. The lowest BCUT2D eigenvalue weighted by atomic mass is 9.89. The van der Waals surface area contributed by atoms with Gasteiger partial charge >= 0.3 is 6.18 Å². The minimum absolute atomic E-state index is 0.180. The molecule has 0 aliphatic heterocycles. The van der Waals surface area contributed by atoms with Crippen molar-refractivity contribution in [2.24, 2.45) is 5.73 Å². The molecule has 0 saturated heterocycles. The van der Waals surface area contributed by atoms with E-state index in [0.29, 0.717) is 16.8 Å². The van der Waals surface area contributed by atoms with E-state index in [-0.39, 0.29) is 16.7 Å². The number of nitrogen functional groups attached to an aromatic ring is 1. The van der Waals surface area contributed by atoms with Gasteiger partial charge in [-0.05, 0) is 47.9 Å². The van der Waals surface area contributed by atoms with Gasteiger partial charge in [-0.15, -0.1) is 0 Å². The summed E-state index contributed by atoms with van der Waals surface area (Å²) in [5.74, 6) is -0.919. The van der Waals surface area contributed by atoms with E-state index in [1.165, 1.54) is 12.1 Å². The molecule has 0 unspecified atom stereocenters. The molecular formula is C21H17F3N2O. The second-order valence-corrected chi connectivity index (χ2v) is 6.21. The molecule has 0 saturated carbocycles. The van der Waals surface area contributed by atoms with Gasteiger partial charge in [-0.1, -0.05) is 36.4 Å². The highest BCUT2D eigenvalue weighted by Gasteiger charge is 2.35. The first kappa shape index (κ1) is 18.5. The van der Waals surface area contributed by atoms with E-state index in [4.69, 9.17) is 11.5 Å². The molecule has 3 aromatic carbocycles. The maximum Gasteiger partial charge on any atom is 0.417 e. The number of carbonyl (C=O) groups is 1. The molecule has 3 rings (SSSR count). The molecule has 3 nitrogen and oxygen atoms in total. The first-order valence-electron chi connectivity index (χ1n) is 8.16. The van der Waals surface area contributed by atoms with Crippen LogP contribution in [0.3, 0.4) is 0 Å². The second kappa shape index (κ2) is 6.79. The quantitative estimate of drug-likeness (QED) is 0.635. The Morgan fingerprint density at radius 2 is 1.63 bits per heavy atom. The standard InChI is InChI=1S/C21H17F3N2O/c1-12-9-10-13(11-16(12)14-5-2-3-8-18(14)25)19-15(20(26)27)6-4-7-17(19)21(22,23)24/h2-11H,25H2,1H3,(H2,26,27). The summed E-state index contributed by atoms with van der Waals surface area (Å²) in [6.07, 6.45) is -4.63. The van der Waals surface area contributed by atoms with Crippen LogP contribution in [0.25, 0.3) is 22.3 Å². The van der Waals surface area contributed by atoms with E-state index in [0.717, 1.165) is 11.6 Å². The van der Waals surface area contributed by atoms with Crippen molar-refractivity contribution in [3.8, 4) is 22.3 Å². The summed E-state index contributed by atoms with van der Waals surface area (Å²) >= 11 is 0. The smallest absolute Gasteiger partial charge is 0.398 e. The molecule has 0 heterocycles. The Labute approximate surface area is 154 Å². The Hall–Kier alpha value is -3.28. The number of primary amides is 1. The highest BCUT2D eigenvalue weighted by atomic mass is 19.4. The van der Waals surface area contributed by atoms with Gasteiger partial charge in [0.1, 0.15) is 0 Å². The van der Waals surface area contributed by atoms with Crippen molar-refractivity contribution in [2.75, 3.05) is 5.73 Å². The van der Waals surface area contributed by atoms with Crippen LogP contribution in [0, 0.1) is 6.92 Å². The van der Waals surface area contributed by atoms with Gasteiger partial charge in [-0.2, -0.15) is 13.2 Å². The van der Waals surface area contributed by atoms with Gasteiger partial charge in [0.2, 0.25) is 5.91 Å². The van der Waals surface area contributed by atoms with Crippen molar-refractivity contribution in [1.82, 2.24) is 0 Å². The van der Waals surface area contributed by atoms with Crippen molar-refractivity contribution in [1.29, 1.82) is 0 Å². The van der Waals surface area contributed by atoms with Crippen molar-refractivity contribution < 1.29 is 18.0 Å². The Bertz CT molecular complexity index is 1030. The SMILES string of the molecule is Cc1ccc(-c2c(C(N)=O)cccc2C(F)(F)F)cc1-c1ccccc1N. The van der Waals surface area contributed by atoms with Gasteiger partial charge in [0.25, 0.3) is 0 Å². The van der Waals surface area contributed by atoms with Crippen molar-refractivity contribution >= 4 is 11.6 Å². The van der Waals surface area contributed by atoms with Crippen LogP contribution >= 0.6 is 0 Å². The van der Waals surface area contributed by atoms with E-state index < -0.39 is 17.6 Å². The molecule has 0 atom stereocenters. The van der Waals surface area contributed by atoms with E-state index in [1.54, 1.807) is 42.5 Å². The molecule has 0 bridgehead atoms. The first-order chi connectivity index (χ1) is 12.7. The van der Waals surface area contributed by atoms with Gasteiger partial charge < -0.3 is 11.5 Å². The molecule has 1 amide bonds. The summed E-state index contributed by atoms with van der Waals surface area (Å²) in [4.78, 5) is 11.8. The van der Waals surface area contributed by atoms with E-state index >= 15 is 0 Å². The summed E-state index contributed by atoms with van der Waals surface area (Å²) in [6.45, 7) is 1.84. The summed E-state index contributed by atoms with van der Waals surface area (Å²) in [5.41, 5.74) is 13.1. The van der Waals surface area contributed by atoms with Gasteiger partial charge in [-0.25, -0.2) is 0 Å². The van der Waals surface area contributed by atoms with Crippen LogP contribution in [0.2, 0.25) is 0 Å². The van der Waals surface area contributed by atoms with Crippen LogP contribution < -0.4 is 11.5 Å². The predicted molar refractivity (Wildman–Crippen MR) is 100.0 cm³/mol. The largest absolute Gasteiger partial charge is 0.417 e. The average molecular weight is 370 g/mol. The van der Waals surface area contributed by atoms with Crippen LogP contribution in [0.15, 0.2) is 60.7 Å².